The molecule has 0 fully saturated rings. The van der Waals surface area contributed by atoms with Crippen molar-refractivity contribution in [2.45, 2.75) is 6.54 Å². The van der Waals surface area contributed by atoms with Crippen molar-refractivity contribution in [1.82, 2.24) is 19.3 Å². The van der Waals surface area contributed by atoms with Gasteiger partial charge >= 0.3 is 0 Å². The summed E-state index contributed by atoms with van der Waals surface area (Å²) in [6.45, 7) is 0.779. The van der Waals surface area contributed by atoms with Crippen LogP contribution in [0, 0.1) is 0 Å². The van der Waals surface area contributed by atoms with E-state index in [-0.39, 0.29) is 5.56 Å². The molecule has 7 heteroatoms. The summed E-state index contributed by atoms with van der Waals surface area (Å²) in [7, 11) is 0. The Hall–Kier alpha value is -2.93. The smallest absolute Gasteiger partial charge is 0.264 e. The number of nitrogens with zero attached hydrogens (tertiary/aromatic N) is 4. The molecular formula is C19H15BrN4O2. The quantitative estimate of drug-likeness (QED) is 0.505. The molecule has 0 saturated carbocycles. The Bertz CT molecular complexity index is 1110. The highest BCUT2D eigenvalue weighted by Crippen LogP contribution is 2.17. The molecule has 0 aliphatic carbocycles. The van der Waals surface area contributed by atoms with Gasteiger partial charge in [0.25, 0.3) is 5.56 Å². The van der Waals surface area contributed by atoms with Crippen LogP contribution in [0.15, 0.2) is 76.4 Å². The van der Waals surface area contributed by atoms with Gasteiger partial charge in [-0.05, 0) is 30.3 Å². The second-order valence-corrected chi connectivity index (χ2v) is 6.59. The molecule has 4 aromatic rings. The van der Waals surface area contributed by atoms with Gasteiger partial charge in [0.05, 0.1) is 18.4 Å². The summed E-state index contributed by atoms with van der Waals surface area (Å²) < 4.78 is 9.85. The van der Waals surface area contributed by atoms with Crippen LogP contribution < -0.4 is 10.3 Å². The van der Waals surface area contributed by atoms with Gasteiger partial charge in [-0.25, -0.2) is 9.67 Å². The summed E-state index contributed by atoms with van der Waals surface area (Å²) in [5, 5.41) is 4.79. The highest BCUT2D eigenvalue weighted by Gasteiger charge is 2.11. The molecule has 0 N–H and O–H groups in total. The maximum Gasteiger partial charge on any atom is 0.264 e. The van der Waals surface area contributed by atoms with Crippen molar-refractivity contribution in [2.75, 3.05) is 6.61 Å². The molecule has 0 radical (unpaired) electrons. The molecule has 130 valence electrons. The first-order chi connectivity index (χ1) is 12.7. The average Bonchev–Trinajstić information content (AvgIpc) is 3.09. The number of fused-ring (bicyclic) bond motifs is 1. The molecular weight excluding hydrogens is 396 g/mol. The van der Waals surface area contributed by atoms with Crippen LogP contribution in [0.25, 0.3) is 16.7 Å². The predicted molar refractivity (Wildman–Crippen MR) is 103 cm³/mol. The Morgan fingerprint density at radius 2 is 1.92 bits per heavy atom. The van der Waals surface area contributed by atoms with E-state index >= 15 is 0 Å². The molecule has 0 bridgehead atoms. The first-order valence-electron chi connectivity index (χ1n) is 8.09. The van der Waals surface area contributed by atoms with Crippen LogP contribution in [0.4, 0.5) is 0 Å². The third-order valence-electron chi connectivity index (χ3n) is 3.95. The lowest BCUT2D eigenvalue weighted by atomic mass is 10.3. The highest BCUT2D eigenvalue weighted by atomic mass is 79.9. The standard InChI is InChI=1S/C19H15BrN4O2/c20-14-5-4-8-16(11-14)26-10-9-23-13-21-18-17(19(23)25)12-22-24(18)15-6-2-1-3-7-15/h1-8,11-13H,9-10H2. The SMILES string of the molecule is O=c1c2cnn(-c3ccccc3)c2ncn1CCOc1cccc(Br)c1. The third kappa shape index (κ3) is 3.25. The zero-order chi connectivity index (χ0) is 17.9. The molecule has 0 aliphatic rings. The van der Waals surface area contributed by atoms with E-state index in [1.165, 1.54) is 10.9 Å². The van der Waals surface area contributed by atoms with E-state index < -0.39 is 0 Å². The van der Waals surface area contributed by atoms with Gasteiger partial charge in [-0.3, -0.25) is 9.36 Å². The van der Waals surface area contributed by atoms with E-state index in [9.17, 15) is 4.79 Å². The van der Waals surface area contributed by atoms with Crippen LogP contribution >= 0.6 is 15.9 Å². The van der Waals surface area contributed by atoms with Gasteiger partial charge in [0.1, 0.15) is 24.1 Å². The molecule has 0 atom stereocenters. The van der Waals surface area contributed by atoms with Crippen molar-refractivity contribution in [3.05, 3.63) is 81.9 Å². The minimum absolute atomic E-state index is 0.130. The molecule has 4 rings (SSSR count). The maximum atomic E-state index is 12.7. The van der Waals surface area contributed by atoms with Gasteiger partial charge in [-0.1, -0.05) is 40.2 Å². The van der Waals surface area contributed by atoms with Crippen LogP contribution in [-0.4, -0.2) is 25.9 Å². The van der Waals surface area contributed by atoms with Crippen molar-refractivity contribution >= 4 is 27.0 Å². The van der Waals surface area contributed by atoms with Crippen LogP contribution in [0.5, 0.6) is 5.75 Å². The lowest BCUT2D eigenvalue weighted by molar-refractivity contribution is 0.296. The molecule has 0 spiro atoms. The first-order valence-corrected chi connectivity index (χ1v) is 8.88. The van der Waals surface area contributed by atoms with E-state index in [2.05, 4.69) is 26.0 Å². The summed E-state index contributed by atoms with van der Waals surface area (Å²) >= 11 is 3.40. The molecule has 0 aliphatic heterocycles. The Morgan fingerprint density at radius 1 is 1.08 bits per heavy atom. The zero-order valence-electron chi connectivity index (χ0n) is 13.7. The fraction of sp³-hybridized carbons (Fsp3) is 0.105. The van der Waals surface area contributed by atoms with E-state index in [1.807, 2.05) is 54.6 Å². The maximum absolute atomic E-state index is 12.7. The van der Waals surface area contributed by atoms with Crippen LogP contribution in [-0.2, 0) is 6.54 Å². The monoisotopic (exact) mass is 410 g/mol. The predicted octanol–water partition coefficient (Wildman–Crippen LogP) is 3.42. The first kappa shape index (κ1) is 16.5. The van der Waals surface area contributed by atoms with Crippen molar-refractivity contribution in [3.8, 4) is 11.4 Å². The van der Waals surface area contributed by atoms with Gasteiger partial charge in [0.15, 0.2) is 5.65 Å². The second kappa shape index (κ2) is 7.13. The Kier molecular flexibility index (Phi) is 4.53. The number of para-hydroxylation sites is 1. The van der Waals surface area contributed by atoms with Gasteiger partial charge in [0.2, 0.25) is 0 Å². The Labute approximate surface area is 157 Å². The number of hydrogen-bond acceptors (Lipinski definition) is 4. The summed E-state index contributed by atoms with van der Waals surface area (Å²) in [6.07, 6.45) is 3.10. The lowest BCUT2D eigenvalue weighted by Crippen LogP contribution is -2.23. The van der Waals surface area contributed by atoms with Crippen LogP contribution in [0.1, 0.15) is 0 Å². The molecule has 2 heterocycles. The highest BCUT2D eigenvalue weighted by molar-refractivity contribution is 9.10. The molecule has 26 heavy (non-hydrogen) atoms. The minimum Gasteiger partial charge on any atom is -0.492 e. The third-order valence-corrected chi connectivity index (χ3v) is 4.45. The zero-order valence-corrected chi connectivity index (χ0v) is 15.3. The number of rotatable bonds is 5. The van der Waals surface area contributed by atoms with Crippen molar-refractivity contribution in [3.63, 3.8) is 0 Å². The normalized spacial score (nSPS) is 11.0. The van der Waals surface area contributed by atoms with E-state index in [1.54, 1.807) is 10.9 Å². The summed E-state index contributed by atoms with van der Waals surface area (Å²) in [4.78, 5) is 17.1. The molecule has 2 aromatic heterocycles. The summed E-state index contributed by atoms with van der Waals surface area (Å²) in [5.74, 6) is 0.748. The van der Waals surface area contributed by atoms with Gasteiger partial charge in [-0.2, -0.15) is 5.10 Å². The van der Waals surface area contributed by atoms with Crippen LogP contribution in [0.2, 0.25) is 0 Å². The molecule has 0 saturated heterocycles. The fourth-order valence-corrected chi connectivity index (χ4v) is 3.06. The number of ether oxygens (including phenoxy) is 1. The van der Waals surface area contributed by atoms with Gasteiger partial charge in [0, 0.05) is 4.47 Å². The average molecular weight is 411 g/mol. The Morgan fingerprint density at radius 3 is 2.73 bits per heavy atom. The number of hydrogen-bond donors (Lipinski definition) is 0. The summed E-state index contributed by atoms with van der Waals surface area (Å²) in [5.41, 5.74) is 1.28. The van der Waals surface area contributed by atoms with Crippen molar-refractivity contribution < 1.29 is 4.74 Å². The fourth-order valence-electron chi connectivity index (χ4n) is 2.68. The van der Waals surface area contributed by atoms with Crippen molar-refractivity contribution in [1.29, 1.82) is 0 Å². The molecule has 0 unspecified atom stereocenters. The largest absolute Gasteiger partial charge is 0.492 e. The van der Waals surface area contributed by atoms with Gasteiger partial charge < -0.3 is 4.74 Å². The van der Waals surface area contributed by atoms with Crippen LogP contribution in [0.3, 0.4) is 0 Å². The van der Waals surface area contributed by atoms with Gasteiger partial charge in [-0.15, -0.1) is 0 Å². The number of aromatic nitrogens is 4. The van der Waals surface area contributed by atoms with E-state index in [0.29, 0.717) is 24.2 Å². The Balaban J connectivity index is 1.56. The summed E-state index contributed by atoms with van der Waals surface area (Å²) in [6, 6.07) is 17.2. The van der Waals surface area contributed by atoms with E-state index in [0.717, 1.165) is 15.9 Å². The second-order valence-electron chi connectivity index (χ2n) is 5.68. The molecule has 2 aromatic carbocycles. The van der Waals surface area contributed by atoms with Crippen molar-refractivity contribution in [2.24, 2.45) is 0 Å². The number of benzene rings is 2. The molecule has 6 nitrogen and oxygen atoms in total. The lowest BCUT2D eigenvalue weighted by Gasteiger charge is -2.08. The number of halogens is 1. The topological polar surface area (TPSA) is 61.9 Å². The molecule has 0 amide bonds. The minimum atomic E-state index is -0.130. The van der Waals surface area contributed by atoms with E-state index in [4.69, 9.17) is 4.74 Å².